The van der Waals surface area contributed by atoms with Crippen LogP contribution in [0.3, 0.4) is 0 Å². The Morgan fingerprint density at radius 1 is 1.21 bits per heavy atom. The van der Waals surface area contributed by atoms with Crippen LogP contribution in [-0.2, 0) is 18.0 Å². The second kappa shape index (κ2) is 12.1. The minimum absolute atomic E-state index is 0.252. The number of hydrogen-bond donors (Lipinski definition) is 1. The Morgan fingerprint density at radius 2 is 1.90 bits per heavy atom. The van der Waals surface area contributed by atoms with E-state index in [2.05, 4.69) is 52.9 Å². The van der Waals surface area contributed by atoms with E-state index in [9.17, 15) is 9.65 Å². The Balaban J connectivity index is 0.000000662. The highest BCUT2D eigenvalue weighted by molar-refractivity contribution is 7.29. The monoisotopic (exact) mass is 566 g/mol. The Kier molecular flexibility index (Phi) is 9.00. The number of aromatic nitrogens is 3. The van der Waals surface area contributed by atoms with Gasteiger partial charge >= 0.3 is 0 Å². The minimum Gasteiger partial charge on any atom is -0.389 e. The van der Waals surface area contributed by atoms with E-state index in [-0.39, 0.29) is 10.6 Å². The third-order valence-corrected chi connectivity index (χ3v) is 8.46. The summed E-state index contributed by atoms with van der Waals surface area (Å²) in [4.78, 5) is 16.4. The Hall–Kier alpha value is -2.92. The number of hydrogen-bond acceptors (Lipinski definition) is 8. The van der Waals surface area contributed by atoms with E-state index in [1.165, 1.54) is 12.6 Å². The van der Waals surface area contributed by atoms with Gasteiger partial charge in [-0.25, -0.2) is 14.4 Å². The lowest BCUT2D eigenvalue weighted by atomic mass is 9.94. The molecular weight excluding hydrogens is 530 g/mol. The van der Waals surface area contributed by atoms with Crippen molar-refractivity contribution in [1.82, 2.24) is 15.0 Å². The first kappa shape index (κ1) is 29.1. The number of ether oxygens (including phenoxy) is 1. The van der Waals surface area contributed by atoms with Crippen LogP contribution in [0.15, 0.2) is 12.4 Å². The van der Waals surface area contributed by atoms with Crippen molar-refractivity contribution in [1.29, 1.82) is 5.26 Å². The highest BCUT2D eigenvalue weighted by Crippen LogP contribution is 2.43. The molecule has 39 heavy (non-hydrogen) atoms. The van der Waals surface area contributed by atoms with Gasteiger partial charge in [0.25, 0.3) is 0 Å². The topological polar surface area (TPSA) is 101 Å². The summed E-state index contributed by atoms with van der Waals surface area (Å²) in [5.41, 5.74) is 10.4. The second-order valence-electron chi connectivity index (χ2n) is 9.83. The van der Waals surface area contributed by atoms with E-state index in [0.717, 1.165) is 57.2 Å². The number of nitriles is 1. The molecule has 0 aliphatic carbocycles. The van der Waals surface area contributed by atoms with Crippen molar-refractivity contribution in [2.75, 3.05) is 17.2 Å². The average molecular weight is 567 g/mol. The van der Waals surface area contributed by atoms with Crippen LogP contribution >= 0.6 is 20.6 Å². The van der Waals surface area contributed by atoms with Crippen LogP contribution in [0.25, 0.3) is 32.2 Å². The molecule has 2 N–H and O–H groups in total. The number of nitrogen functional groups attached to an aromatic ring is 1. The van der Waals surface area contributed by atoms with E-state index in [4.69, 9.17) is 20.4 Å². The number of fused-ring (bicyclic) bond motifs is 4. The standard InChI is InChI=1S/C24H22FN6OPS.C3H8.C2H6/c1-10-3-11(2)31(7-10)24-29-5-13-14-8-32-9-15(14)17(21(33)19(13)30-24)20-18-12(4-26)23(27)34-22(18)16(25)6-28-20;1-3-2;1-2/h5-6,10-11H,3,7-9,27,33H2,1-2H3;3H2,1-2H3;1-2H3. The predicted octanol–water partition coefficient (Wildman–Crippen LogP) is 6.71. The van der Waals surface area contributed by atoms with E-state index in [0.29, 0.717) is 46.9 Å². The molecule has 6 rings (SSSR count). The van der Waals surface area contributed by atoms with E-state index in [1.54, 1.807) is 0 Å². The first-order valence-electron chi connectivity index (χ1n) is 13.5. The summed E-state index contributed by atoms with van der Waals surface area (Å²) in [5.74, 6) is 0.796. The van der Waals surface area contributed by atoms with Crippen LogP contribution in [-0.4, -0.2) is 27.5 Å². The lowest BCUT2D eigenvalue weighted by molar-refractivity contribution is 0.135. The van der Waals surface area contributed by atoms with Crippen LogP contribution in [0.5, 0.6) is 0 Å². The number of nitrogens with two attached hydrogens (primary N) is 1. The fourth-order valence-corrected chi connectivity index (χ4v) is 6.80. The van der Waals surface area contributed by atoms with Crippen LogP contribution in [0, 0.1) is 23.1 Å². The zero-order chi connectivity index (χ0) is 28.4. The predicted molar refractivity (Wildman–Crippen MR) is 163 cm³/mol. The summed E-state index contributed by atoms with van der Waals surface area (Å²) in [7, 11) is 2.80. The first-order chi connectivity index (χ1) is 18.8. The van der Waals surface area contributed by atoms with Crippen molar-refractivity contribution in [3.05, 3.63) is 34.9 Å². The molecule has 0 bridgehead atoms. The van der Waals surface area contributed by atoms with E-state index < -0.39 is 5.82 Å². The SMILES string of the molecule is CC.CC1CC(C)N(c2ncc3c4c(c(-c5ncc(F)c6sc(N)c(C#N)c56)c(P)c3n2)COC4)C1.CCC. The summed E-state index contributed by atoms with van der Waals surface area (Å²) in [5, 5.41) is 12.3. The molecule has 1 aromatic carbocycles. The molecule has 0 amide bonds. The number of anilines is 2. The number of pyridine rings is 1. The van der Waals surface area contributed by atoms with Gasteiger partial charge in [0, 0.05) is 40.4 Å². The number of benzene rings is 1. The largest absolute Gasteiger partial charge is 0.389 e. The van der Waals surface area contributed by atoms with Crippen molar-refractivity contribution in [3.63, 3.8) is 0 Å². The van der Waals surface area contributed by atoms with Crippen molar-refractivity contribution < 1.29 is 9.13 Å². The third kappa shape index (κ3) is 5.06. The maximum atomic E-state index is 14.7. The fraction of sp³-hybridized carbons (Fsp3) is 0.448. The maximum absolute atomic E-state index is 14.7. The molecule has 1 saturated heterocycles. The molecule has 3 unspecified atom stereocenters. The zero-order valence-corrected chi connectivity index (χ0v) is 25.4. The van der Waals surface area contributed by atoms with E-state index in [1.807, 2.05) is 20.0 Å². The molecule has 4 aromatic rings. The molecule has 7 nitrogen and oxygen atoms in total. The quantitative estimate of drug-likeness (QED) is 0.269. The normalized spacial score (nSPS) is 17.9. The average Bonchev–Trinajstić information content (AvgIpc) is 3.63. The van der Waals surface area contributed by atoms with Gasteiger partial charge < -0.3 is 15.4 Å². The highest BCUT2D eigenvalue weighted by Gasteiger charge is 2.31. The Labute approximate surface area is 235 Å². The smallest absolute Gasteiger partial charge is 0.226 e. The second-order valence-corrected chi connectivity index (χ2v) is 11.5. The number of halogens is 1. The molecule has 1 fully saturated rings. The van der Waals surface area contributed by atoms with Gasteiger partial charge in [-0.2, -0.15) is 5.26 Å². The Morgan fingerprint density at radius 3 is 2.54 bits per heavy atom. The lowest BCUT2D eigenvalue weighted by Crippen LogP contribution is -2.28. The molecule has 2 aliphatic rings. The number of rotatable bonds is 2. The van der Waals surface area contributed by atoms with Gasteiger partial charge in [-0.3, -0.25) is 4.98 Å². The van der Waals surface area contributed by atoms with E-state index >= 15 is 0 Å². The number of nitrogens with zero attached hydrogens (tertiary/aromatic N) is 5. The molecule has 2 aliphatic heterocycles. The lowest BCUT2D eigenvalue weighted by Gasteiger charge is -2.22. The van der Waals surface area contributed by atoms with Gasteiger partial charge in [-0.1, -0.05) is 41.0 Å². The van der Waals surface area contributed by atoms with Crippen molar-refractivity contribution in [2.24, 2.45) is 5.92 Å². The van der Waals surface area contributed by atoms with Gasteiger partial charge in [-0.05, 0) is 30.4 Å². The van der Waals surface area contributed by atoms with Crippen LogP contribution in [0.4, 0.5) is 15.3 Å². The molecule has 5 heterocycles. The van der Waals surface area contributed by atoms with Crippen molar-refractivity contribution in [2.45, 2.75) is 73.6 Å². The molecule has 0 radical (unpaired) electrons. The van der Waals surface area contributed by atoms with Gasteiger partial charge in [-0.15, -0.1) is 20.6 Å². The minimum atomic E-state index is -0.488. The molecule has 10 heteroatoms. The van der Waals surface area contributed by atoms with Crippen LogP contribution in [0.2, 0.25) is 0 Å². The zero-order valence-electron chi connectivity index (χ0n) is 23.4. The van der Waals surface area contributed by atoms with Crippen LogP contribution in [0.1, 0.15) is 71.1 Å². The van der Waals surface area contributed by atoms with Gasteiger partial charge in [0.1, 0.15) is 11.1 Å². The number of thiophene rings is 1. The van der Waals surface area contributed by atoms with Crippen molar-refractivity contribution >= 4 is 57.8 Å². The molecular formula is C29H36FN6OPS. The van der Waals surface area contributed by atoms with Gasteiger partial charge in [0.2, 0.25) is 5.95 Å². The van der Waals surface area contributed by atoms with Crippen molar-refractivity contribution in [3.8, 4) is 17.3 Å². The summed E-state index contributed by atoms with van der Waals surface area (Å²) in [6.07, 6.45) is 5.44. The summed E-state index contributed by atoms with van der Waals surface area (Å²) >= 11 is 1.07. The summed E-state index contributed by atoms with van der Waals surface area (Å²) < 4.78 is 20.8. The summed E-state index contributed by atoms with van der Waals surface area (Å²) in [6.45, 7) is 14.4. The Bertz CT molecular complexity index is 1570. The van der Waals surface area contributed by atoms with Gasteiger partial charge in [0.15, 0.2) is 5.82 Å². The fourth-order valence-electron chi connectivity index (χ4n) is 5.35. The third-order valence-electron chi connectivity index (χ3n) is 6.87. The molecule has 206 valence electrons. The molecule has 0 spiro atoms. The highest BCUT2D eigenvalue weighted by atomic mass is 32.1. The molecule has 3 aromatic heterocycles. The maximum Gasteiger partial charge on any atom is 0.226 e. The first-order valence-corrected chi connectivity index (χ1v) is 14.9. The van der Waals surface area contributed by atoms with Crippen LogP contribution < -0.4 is 15.9 Å². The van der Waals surface area contributed by atoms with Gasteiger partial charge in [0.05, 0.1) is 40.9 Å². The molecule has 3 atom stereocenters. The summed E-state index contributed by atoms with van der Waals surface area (Å²) in [6, 6.07) is 2.51. The molecule has 0 saturated carbocycles.